The Kier molecular flexibility index (Phi) is 6.09. The number of hydrogen-bond acceptors (Lipinski definition) is 3. The number of anilines is 1. The molecule has 6 heteroatoms. The molecule has 2 atom stereocenters. The summed E-state index contributed by atoms with van der Waals surface area (Å²) in [6.45, 7) is 5.49. The van der Waals surface area contributed by atoms with Crippen LogP contribution in [0.3, 0.4) is 0 Å². The minimum Gasteiger partial charge on any atom is -0.478 e. The fraction of sp³-hybridized carbons (Fsp3) is 0.263. The Hall–Kier alpha value is -2.47. The number of aryl methyl sites for hydroxylation is 1. The van der Waals surface area contributed by atoms with Gasteiger partial charge in [-0.2, -0.15) is 0 Å². The van der Waals surface area contributed by atoms with Gasteiger partial charge in [-0.1, -0.05) is 24.3 Å². The van der Waals surface area contributed by atoms with Gasteiger partial charge in [0.15, 0.2) is 0 Å². The van der Waals surface area contributed by atoms with Gasteiger partial charge in [-0.05, 0) is 55.7 Å². The summed E-state index contributed by atoms with van der Waals surface area (Å²) in [4.78, 5) is 23.4. The predicted molar refractivity (Wildman–Crippen MR) is 99.3 cm³/mol. The highest BCUT2D eigenvalue weighted by molar-refractivity contribution is 7.85. The SMILES string of the molecule is Cc1cccc(NC(=O)C(C)S(=O)Cc2cccc(C(=O)O)c2)c1C. The Bertz CT molecular complexity index is 832. The number of carboxylic acid groups (broad SMARTS) is 1. The lowest BCUT2D eigenvalue weighted by molar-refractivity contribution is -0.115. The van der Waals surface area contributed by atoms with Crippen molar-refractivity contribution in [1.29, 1.82) is 0 Å². The number of rotatable bonds is 6. The molecule has 0 aliphatic carbocycles. The maximum atomic E-state index is 12.5. The molecule has 0 radical (unpaired) electrons. The highest BCUT2D eigenvalue weighted by Gasteiger charge is 2.21. The third kappa shape index (κ3) is 4.76. The van der Waals surface area contributed by atoms with Crippen molar-refractivity contribution in [3.05, 3.63) is 64.7 Å². The van der Waals surface area contributed by atoms with Crippen LogP contribution in [0.4, 0.5) is 5.69 Å². The Labute approximate surface area is 149 Å². The predicted octanol–water partition coefficient (Wildman–Crippen LogP) is 3.28. The van der Waals surface area contributed by atoms with Gasteiger partial charge in [0.25, 0.3) is 0 Å². The van der Waals surface area contributed by atoms with E-state index >= 15 is 0 Å². The van der Waals surface area contributed by atoms with Gasteiger partial charge in [0.2, 0.25) is 5.91 Å². The molecule has 2 unspecified atom stereocenters. The first-order valence-electron chi connectivity index (χ1n) is 7.86. The molecule has 2 aromatic carbocycles. The van der Waals surface area contributed by atoms with Crippen LogP contribution in [0, 0.1) is 13.8 Å². The number of nitrogens with one attached hydrogen (secondary N) is 1. The van der Waals surface area contributed by atoms with Crippen LogP contribution in [-0.4, -0.2) is 26.4 Å². The summed E-state index contributed by atoms with van der Waals surface area (Å²) in [6, 6.07) is 11.9. The van der Waals surface area contributed by atoms with E-state index in [-0.39, 0.29) is 17.2 Å². The average molecular weight is 359 g/mol. The Morgan fingerprint density at radius 1 is 1.16 bits per heavy atom. The molecule has 0 saturated carbocycles. The number of carbonyl (C=O) groups excluding carboxylic acids is 1. The second-order valence-corrected chi connectivity index (χ2v) is 7.67. The zero-order valence-electron chi connectivity index (χ0n) is 14.4. The van der Waals surface area contributed by atoms with Crippen molar-refractivity contribution in [2.45, 2.75) is 31.8 Å². The molecular formula is C19H21NO4S. The highest BCUT2D eigenvalue weighted by Crippen LogP contribution is 2.19. The molecule has 5 nitrogen and oxygen atoms in total. The fourth-order valence-corrected chi connectivity index (χ4v) is 3.38. The molecule has 0 aromatic heterocycles. The van der Waals surface area contributed by atoms with Gasteiger partial charge >= 0.3 is 5.97 Å². The van der Waals surface area contributed by atoms with Crippen LogP contribution < -0.4 is 5.32 Å². The van der Waals surface area contributed by atoms with Crippen LogP contribution >= 0.6 is 0 Å². The largest absolute Gasteiger partial charge is 0.478 e. The minimum absolute atomic E-state index is 0.127. The number of hydrogen-bond donors (Lipinski definition) is 2. The van der Waals surface area contributed by atoms with Gasteiger partial charge < -0.3 is 10.4 Å². The normalized spacial score (nSPS) is 13.1. The number of carbonyl (C=O) groups is 2. The summed E-state index contributed by atoms with van der Waals surface area (Å²) in [6.07, 6.45) is 0. The van der Waals surface area contributed by atoms with Crippen LogP contribution in [0.25, 0.3) is 0 Å². The lowest BCUT2D eigenvalue weighted by atomic mass is 10.1. The molecule has 0 saturated heterocycles. The van der Waals surface area contributed by atoms with Crippen molar-refractivity contribution in [2.75, 3.05) is 5.32 Å². The summed E-state index contributed by atoms with van der Waals surface area (Å²) >= 11 is 0. The third-order valence-corrected chi connectivity index (χ3v) is 5.73. The Morgan fingerprint density at radius 3 is 2.52 bits per heavy atom. The van der Waals surface area contributed by atoms with Crippen molar-refractivity contribution < 1.29 is 18.9 Å². The fourth-order valence-electron chi connectivity index (χ4n) is 2.32. The minimum atomic E-state index is -1.46. The van der Waals surface area contributed by atoms with Crippen LogP contribution in [0.5, 0.6) is 0 Å². The van der Waals surface area contributed by atoms with Gasteiger partial charge in [0.1, 0.15) is 5.25 Å². The molecule has 25 heavy (non-hydrogen) atoms. The smallest absolute Gasteiger partial charge is 0.335 e. The van der Waals surface area contributed by atoms with Crippen molar-refractivity contribution in [2.24, 2.45) is 0 Å². The van der Waals surface area contributed by atoms with E-state index in [0.29, 0.717) is 11.3 Å². The summed E-state index contributed by atoms with van der Waals surface area (Å²) in [5.74, 6) is -1.22. The van der Waals surface area contributed by atoms with Gasteiger partial charge in [-0.3, -0.25) is 9.00 Å². The van der Waals surface area contributed by atoms with Gasteiger partial charge in [-0.25, -0.2) is 4.79 Å². The zero-order chi connectivity index (χ0) is 18.6. The summed E-state index contributed by atoms with van der Waals surface area (Å²) in [5.41, 5.74) is 3.52. The highest BCUT2D eigenvalue weighted by atomic mass is 32.2. The lowest BCUT2D eigenvalue weighted by Crippen LogP contribution is -2.30. The summed E-state index contributed by atoms with van der Waals surface area (Å²) in [7, 11) is -1.46. The van der Waals surface area contributed by atoms with Crippen molar-refractivity contribution in [1.82, 2.24) is 0 Å². The van der Waals surface area contributed by atoms with Crippen molar-refractivity contribution >= 4 is 28.4 Å². The standard InChI is InChI=1S/C19H21NO4S/c1-12-6-4-9-17(13(12)2)20-18(21)14(3)25(24)11-15-7-5-8-16(10-15)19(22)23/h4-10,14H,11H2,1-3H3,(H,20,21)(H,22,23). The summed E-state index contributed by atoms with van der Waals surface area (Å²) < 4.78 is 12.5. The van der Waals surface area contributed by atoms with E-state index in [4.69, 9.17) is 5.11 Å². The Balaban J connectivity index is 2.06. The first kappa shape index (κ1) is 18.9. The second-order valence-electron chi connectivity index (χ2n) is 5.91. The molecule has 0 heterocycles. The summed E-state index contributed by atoms with van der Waals surface area (Å²) in [5, 5.41) is 11.1. The molecule has 2 rings (SSSR count). The third-order valence-electron chi connectivity index (χ3n) is 4.11. The van der Waals surface area contributed by atoms with E-state index in [1.807, 2.05) is 32.0 Å². The van der Waals surface area contributed by atoms with Crippen LogP contribution in [0.2, 0.25) is 0 Å². The molecule has 0 bridgehead atoms. The van der Waals surface area contributed by atoms with E-state index in [9.17, 15) is 13.8 Å². The maximum absolute atomic E-state index is 12.5. The average Bonchev–Trinajstić information content (AvgIpc) is 2.58. The lowest BCUT2D eigenvalue weighted by Gasteiger charge is -2.15. The zero-order valence-corrected chi connectivity index (χ0v) is 15.2. The van der Waals surface area contributed by atoms with Gasteiger partial charge in [0.05, 0.1) is 5.56 Å². The molecule has 0 aliphatic heterocycles. The first-order chi connectivity index (χ1) is 11.8. The quantitative estimate of drug-likeness (QED) is 0.829. The van der Waals surface area contributed by atoms with E-state index < -0.39 is 22.0 Å². The van der Waals surface area contributed by atoms with Crippen molar-refractivity contribution in [3.8, 4) is 0 Å². The number of benzene rings is 2. The number of aromatic carboxylic acids is 1. The number of carboxylic acids is 1. The van der Waals surface area contributed by atoms with Crippen molar-refractivity contribution in [3.63, 3.8) is 0 Å². The van der Waals surface area contributed by atoms with Crippen LogP contribution in [0.1, 0.15) is 34.0 Å². The molecule has 1 amide bonds. The van der Waals surface area contributed by atoms with Crippen LogP contribution in [-0.2, 0) is 21.3 Å². The first-order valence-corrected chi connectivity index (χ1v) is 9.24. The molecular weight excluding hydrogens is 338 g/mol. The number of amides is 1. The monoisotopic (exact) mass is 359 g/mol. The molecule has 2 N–H and O–H groups in total. The molecule has 0 aliphatic rings. The topological polar surface area (TPSA) is 83.5 Å². The molecule has 0 spiro atoms. The Morgan fingerprint density at radius 2 is 1.84 bits per heavy atom. The van der Waals surface area contributed by atoms with E-state index in [1.54, 1.807) is 19.1 Å². The maximum Gasteiger partial charge on any atom is 0.335 e. The second kappa shape index (κ2) is 8.07. The van der Waals surface area contributed by atoms with Gasteiger partial charge in [0, 0.05) is 22.2 Å². The van der Waals surface area contributed by atoms with Crippen LogP contribution in [0.15, 0.2) is 42.5 Å². The van der Waals surface area contributed by atoms with E-state index in [2.05, 4.69) is 5.32 Å². The molecule has 0 fully saturated rings. The van der Waals surface area contributed by atoms with Gasteiger partial charge in [-0.15, -0.1) is 0 Å². The van der Waals surface area contributed by atoms with E-state index in [0.717, 1.165) is 11.1 Å². The molecule has 2 aromatic rings. The molecule has 132 valence electrons. The van der Waals surface area contributed by atoms with E-state index in [1.165, 1.54) is 12.1 Å².